The van der Waals surface area contributed by atoms with E-state index in [9.17, 15) is 22.0 Å². The minimum atomic E-state index is -3.71. The van der Waals surface area contributed by atoms with Crippen molar-refractivity contribution >= 4 is 21.8 Å². The van der Waals surface area contributed by atoms with Crippen molar-refractivity contribution in [3.8, 4) is 0 Å². The fourth-order valence-corrected chi connectivity index (χ4v) is 4.45. The molecular formula is C21H23F2N3O3S. The highest BCUT2D eigenvalue weighted by molar-refractivity contribution is 7.90. The molecule has 6 nitrogen and oxygen atoms in total. The first-order chi connectivity index (χ1) is 14.2. The number of halogens is 2. The van der Waals surface area contributed by atoms with Crippen molar-refractivity contribution in [2.75, 3.05) is 0 Å². The molecule has 0 fully saturated rings. The number of sulfonamides is 1. The van der Waals surface area contributed by atoms with Gasteiger partial charge in [0.15, 0.2) is 11.6 Å². The van der Waals surface area contributed by atoms with Gasteiger partial charge in [-0.3, -0.25) is 14.5 Å². The van der Waals surface area contributed by atoms with Crippen LogP contribution in [0.25, 0.3) is 0 Å². The maximum absolute atomic E-state index is 13.5. The van der Waals surface area contributed by atoms with Crippen molar-refractivity contribution in [3.05, 3.63) is 65.2 Å². The van der Waals surface area contributed by atoms with Gasteiger partial charge in [0.1, 0.15) is 11.9 Å². The minimum absolute atomic E-state index is 0.119. The molecule has 3 rings (SSSR count). The van der Waals surface area contributed by atoms with Crippen LogP contribution in [0.2, 0.25) is 0 Å². The van der Waals surface area contributed by atoms with E-state index in [0.29, 0.717) is 24.0 Å². The standard InChI is InChI=1S/C21H23F2N3O3S/c1-3-4-8-18(21(27)24-13(2)14-10-11-16(22)17(23)12-14)25-20-15-7-5-6-9-19(15)30(28,29)26-20/h5-7,9-13,18H,3-4,8H2,1-2H3,(H,24,27)(H,25,26). The molecule has 2 aromatic rings. The number of amidine groups is 1. The van der Waals surface area contributed by atoms with Gasteiger partial charge in [0.2, 0.25) is 5.91 Å². The number of aliphatic imine (C=N–C) groups is 1. The Morgan fingerprint density at radius 1 is 1.17 bits per heavy atom. The topological polar surface area (TPSA) is 87.6 Å². The Labute approximate surface area is 174 Å². The first-order valence-electron chi connectivity index (χ1n) is 9.68. The van der Waals surface area contributed by atoms with Crippen molar-refractivity contribution < 1.29 is 22.0 Å². The molecule has 0 saturated heterocycles. The van der Waals surface area contributed by atoms with Crippen LogP contribution in [0.5, 0.6) is 0 Å². The molecule has 2 unspecified atom stereocenters. The lowest BCUT2D eigenvalue weighted by molar-refractivity contribution is -0.123. The number of hydrogen-bond donors (Lipinski definition) is 2. The molecule has 0 aromatic heterocycles. The van der Waals surface area contributed by atoms with E-state index in [2.05, 4.69) is 15.0 Å². The van der Waals surface area contributed by atoms with E-state index in [0.717, 1.165) is 18.6 Å². The molecule has 2 N–H and O–H groups in total. The molecule has 160 valence electrons. The summed E-state index contributed by atoms with van der Waals surface area (Å²) in [7, 11) is -3.71. The average molecular weight is 435 g/mol. The molecule has 0 radical (unpaired) electrons. The first kappa shape index (κ1) is 21.9. The molecule has 2 aromatic carbocycles. The van der Waals surface area contributed by atoms with Crippen LogP contribution in [0.1, 0.15) is 50.3 Å². The predicted molar refractivity (Wildman–Crippen MR) is 110 cm³/mol. The van der Waals surface area contributed by atoms with Crippen molar-refractivity contribution in [2.45, 2.75) is 50.1 Å². The molecule has 1 heterocycles. The zero-order valence-electron chi connectivity index (χ0n) is 16.7. The summed E-state index contributed by atoms with van der Waals surface area (Å²) in [5.41, 5.74) is 0.830. The summed E-state index contributed by atoms with van der Waals surface area (Å²) >= 11 is 0. The molecule has 1 aliphatic rings. The zero-order chi connectivity index (χ0) is 21.9. The molecule has 30 heavy (non-hydrogen) atoms. The van der Waals surface area contributed by atoms with Crippen molar-refractivity contribution in [2.24, 2.45) is 4.99 Å². The van der Waals surface area contributed by atoms with E-state index in [1.165, 1.54) is 12.1 Å². The molecule has 0 spiro atoms. The maximum Gasteiger partial charge on any atom is 0.263 e. The second-order valence-corrected chi connectivity index (χ2v) is 8.79. The van der Waals surface area contributed by atoms with Crippen LogP contribution in [0.15, 0.2) is 52.4 Å². The van der Waals surface area contributed by atoms with Gasteiger partial charge < -0.3 is 5.32 Å². The highest BCUT2D eigenvalue weighted by Crippen LogP contribution is 2.23. The number of hydrogen-bond acceptors (Lipinski definition) is 4. The van der Waals surface area contributed by atoms with Crippen LogP contribution in [0.4, 0.5) is 8.78 Å². The van der Waals surface area contributed by atoms with Crippen LogP contribution in [-0.2, 0) is 14.8 Å². The van der Waals surface area contributed by atoms with Gasteiger partial charge in [0.05, 0.1) is 10.9 Å². The number of nitrogens with one attached hydrogen (secondary N) is 2. The Hall–Kier alpha value is -2.81. The van der Waals surface area contributed by atoms with Crippen LogP contribution >= 0.6 is 0 Å². The lowest BCUT2D eigenvalue weighted by atomic mass is 10.1. The van der Waals surface area contributed by atoms with Gasteiger partial charge in [-0.1, -0.05) is 38.0 Å². The third kappa shape index (κ3) is 4.67. The van der Waals surface area contributed by atoms with E-state index < -0.39 is 39.6 Å². The molecule has 2 atom stereocenters. The lowest BCUT2D eigenvalue weighted by Gasteiger charge is -2.19. The molecule has 9 heteroatoms. The highest BCUT2D eigenvalue weighted by atomic mass is 32.2. The number of rotatable bonds is 7. The Morgan fingerprint density at radius 2 is 1.90 bits per heavy atom. The second-order valence-electron chi connectivity index (χ2n) is 7.14. The van der Waals surface area contributed by atoms with Gasteiger partial charge in [0.25, 0.3) is 10.0 Å². The quantitative estimate of drug-likeness (QED) is 0.698. The van der Waals surface area contributed by atoms with Crippen molar-refractivity contribution in [1.29, 1.82) is 0 Å². The molecule has 0 saturated carbocycles. The minimum Gasteiger partial charge on any atom is -0.348 e. The van der Waals surface area contributed by atoms with Crippen LogP contribution in [0, 0.1) is 11.6 Å². The van der Waals surface area contributed by atoms with Crippen LogP contribution in [-0.4, -0.2) is 26.2 Å². The largest absolute Gasteiger partial charge is 0.348 e. The number of amides is 1. The van der Waals surface area contributed by atoms with Gasteiger partial charge in [0, 0.05) is 5.56 Å². The van der Waals surface area contributed by atoms with Gasteiger partial charge in [-0.05, 0) is 43.2 Å². The predicted octanol–water partition coefficient (Wildman–Crippen LogP) is 3.44. The van der Waals surface area contributed by atoms with E-state index >= 15 is 0 Å². The highest BCUT2D eigenvalue weighted by Gasteiger charge is 2.32. The Kier molecular flexibility index (Phi) is 6.50. The third-order valence-electron chi connectivity index (χ3n) is 4.88. The van der Waals surface area contributed by atoms with Crippen LogP contribution < -0.4 is 10.0 Å². The number of unbranched alkanes of at least 4 members (excludes halogenated alkanes) is 1. The summed E-state index contributed by atoms with van der Waals surface area (Å²) in [5, 5.41) is 2.76. The SMILES string of the molecule is CCCCC(N=C1NS(=O)(=O)c2ccccc21)C(=O)NC(C)c1ccc(F)c(F)c1. The van der Waals surface area contributed by atoms with Gasteiger partial charge in [-0.2, -0.15) is 0 Å². The third-order valence-corrected chi connectivity index (χ3v) is 6.28. The summed E-state index contributed by atoms with van der Waals surface area (Å²) in [6, 6.07) is 8.45. The molecule has 0 bridgehead atoms. The summed E-state index contributed by atoms with van der Waals surface area (Å²) in [5.74, 6) is -2.25. The Bertz CT molecular complexity index is 1090. The number of fused-ring (bicyclic) bond motifs is 1. The monoisotopic (exact) mass is 435 g/mol. The first-order valence-corrected chi connectivity index (χ1v) is 11.2. The Morgan fingerprint density at radius 3 is 2.60 bits per heavy atom. The number of carbonyl (C=O) groups is 1. The fraction of sp³-hybridized carbons (Fsp3) is 0.333. The van der Waals surface area contributed by atoms with Gasteiger partial charge >= 0.3 is 0 Å². The van der Waals surface area contributed by atoms with E-state index in [-0.39, 0.29) is 10.7 Å². The van der Waals surface area contributed by atoms with Crippen molar-refractivity contribution in [1.82, 2.24) is 10.0 Å². The van der Waals surface area contributed by atoms with Gasteiger partial charge in [-0.25, -0.2) is 17.2 Å². The fourth-order valence-electron chi connectivity index (χ4n) is 3.21. The van der Waals surface area contributed by atoms with E-state index in [1.807, 2.05) is 6.92 Å². The Balaban J connectivity index is 1.84. The average Bonchev–Trinajstić information content (AvgIpc) is 2.97. The molecule has 1 amide bonds. The summed E-state index contributed by atoms with van der Waals surface area (Å²) in [6.45, 7) is 3.63. The van der Waals surface area contributed by atoms with Crippen molar-refractivity contribution in [3.63, 3.8) is 0 Å². The van der Waals surface area contributed by atoms with Crippen LogP contribution in [0.3, 0.4) is 0 Å². The maximum atomic E-state index is 13.5. The summed E-state index contributed by atoms with van der Waals surface area (Å²) in [4.78, 5) is 17.4. The molecular weight excluding hydrogens is 412 g/mol. The molecule has 0 aliphatic carbocycles. The second kappa shape index (κ2) is 8.91. The lowest BCUT2D eigenvalue weighted by Crippen LogP contribution is -2.37. The van der Waals surface area contributed by atoms with E-state index in [1.54, 1.807) is 25.1 Å². The summed E-state index contributed by atoms with van der Waals surface area (Å²) in [6.07, 6.45) is 1.96. The number of nitrogens with zero attached hydrogens (tertiary/aromatic N) is 1. The van der Waals surface area contributed by atoms with E-state index in [4.69, 9.17) is 0 Å². The normalized spacial score (nSPS) is 17.8. The number of carbonyl (C=O) groups excluding carboxylic acids is 1. The smallest absolute Gasteiger partial charge is 0.263 e. The molecule has 1 aliphatic heterocycles. The zero-order valence-corrected chi connectivity index (χ0v) is 17.5. The van der Waals surface area contributed by atoms with Gasteiger partial charge in [-0.15, -0.1) is 0 Å². The number of benzene rings is 2. The summed E-state index contributed by atoms with van der Waals surface area (Å²) < 4.78 is 53.7.